The van der Waals surface area contributed by atoms with Crippen LogP contribution < -0.4 is 0 Å². The van der Waals surface area contributed by atoms with Gasteiger partial charge in [0.1, 0.15) is 0 Å². The van der Waals surface area contributed by atoms with Gasteiger partial charge in [-0.25, -0.2) is 0 Å². The summed E-state index contributed by atoms with van der Waals surface area (Å²) >= 11 is 0. The fraction of sp³-hybridized carbons (Fsp3) is 0.368. The van der Waals surface area contributed by atoms with E-state index in [2.05, 4.69) is 0 Å². The number of likely N-dealkylation sites (tertiary alicyclic amines) is 1. The minimum absolute atomic E-state index is 0.199. The first-order valence-corrected chi connectivity index (χ1v) is 8.01. The Bertz CT molecular complexity index is 659. The molecule has 1 saturated heterocycles. The van der Waals surface area contributed by atoms with Crippen molar-refractivity contribution in [2.45, 2.75) is 37.2 Å². The maximum Gasteiger partial charge on any atom is 0.417 e. The molecular weight excluding hydrogens is 315 g/mol. The normalized spacial score (nSPS) is 25.6. The van der Waals surface area contributed by atoms with Gasteiger partial charge in [-0.1, -0.05) is 60.7 Å². The lowest BCUT2D eigenvalue weighted by Crippen LogP contribution is -2.54. The van der Waals surface area contributed by atoms with Crippen molar-refractivity contribution in [1.29, 1.82) is 0 Å². The molecule has 0 saturated carbocycles. The molecule has 1 fully saturated rings. The first-order valence-electron chi connectivity index (χ1n) is 8.01. The molecule has 2 aromatic carbocycles. The van der Waals surface area contributed by atoms with E-state index in [9.17, 15) is 18.3 Å². The molecular formula is C19H20F3NO. The molecule has 0 radical (unpaired) electrons. The number of piperidine rings is 1. The summed E-state index contributed by atoms with van der Waals surface area (Å²) < 4.78 is 39.9. The summed E-state index contributed by atoms with van der Waals surface area (Å²) in [6.45, 7) is 0.763. The van der Waals surface area contributed by atoms with E-state index in [1.165, 1.54) is 0 Å². The second-order valence-corrected chi connectivity index (χ2v) is 6.37. The Balaban J connectivity index is 1.88. The summed E-state index contributed by atoms with van der Waals surface area (Å²) in [5.74, 6) is 0. The highest BCUT2D eigenvalue weighted by molar-refractivity contribution is 5.22. The van der Waals surface area contributed by atoms with Crippen molar-refractivity contribution in [3.63, 3.8) is 0 Å². The van der Waals surface area contributed by atoms with Gasteiger partial charge in [0.15, 0.2) is 5.60 Å². The van der Waals surface area contributed by atoms with Crippen molar-refractivity contribution >= 4 is 0 Å². The zero-order chi connectivity index (χ0) is 17.2. The molecule has 3 rings (SSSR count). The third kappa shape index (κ3) is 3.47. The Hall–Kier alpha value is -1.85. The smallest absolute Gasteiger partial charge is 0.380 e. The van der Waals surface area contributed by atoms with Gasteiger partial charge in [-0.15, -0.1) is 0 Å². The van der Waals surface area contributed by atoms with Crippen molar-refractivity contribution in [2.24, 2.45) is 0 Å². The molecule has 24 heavy (non-hydrogen) atoms. The predicted octanol–water partition coefficient (Wildman–Crippen LogP) is 4.32. The monoisotopic (exact) mass is 335 g/mol. The number of aliphatic hydroxyl groups is 1. The lowest BCUT2D eigenvalue weighted by atomic mass is 9.82. The maximum atomic E-state index is 13.3. The number of rotatable bonds is 3. The van der Waals surface area contributed by atoms with Gasteiger partial charge in [-0.3, -0.25) is 4.90 Å². The number of nitrogens with zero attached hydrogens (tertiary/aromatic N) is 1. The van der Waals surface area contributed by atoms with E-state index in [-0.39, 0.29) is 19.4 Å². The van der Waals surface area contributed by atoms with Gasteiger partial charge in [0, 0.05) is 25.6 Å². The number of benzene rings is 2. The van der Waals surface area contributed by atoms with Crippen LogP contribution in [0, 0.1) is 0 Å². The highest BCUT2D eigenvalue weighted by Crippen LogP contribution is 2.45. The van der Waals surface area contributed by atoms with Crippen LogP contribution in [0.1, 0.15) is 30.0 Å². The molecule has 5 heteroatoms. The van der Waals surface area contributed by atoms with Crippen LogP contribution in [0.5, 0.6) is 0 Å². The zero-order valence-electron chi connectivity index (χ0n) is 13.2. The number of alkyl halides is 3. The van der Waals surface area contributed by atoms with E-state index in [0.717, 1.165) is 11.1 Å². The molecule has 2 unspecified atom stereocenters. The topological polar surface area (TPSA) is 23.5 Å². The van der Waals surface area contributed by atoms with Gasteiger partial charge in [0.25, 0.3) is 0 Å². The highest BCUT2D eigenvalue weighted by atomic mass is 19.4. The average Bonchev–Trinajstić information content (AvgIpc) is 2.57. The van der Waals surface area contributed by atoms with Crippen molar-refractivity contribution in [3.8, 4) is 0 Å². The van der Waals surface area contributed by atoms with Crippen LogP contribution in [0.25, 0.3) is 0 Å². The standard InChI is InChI=1S/C19H20F3NO/c20-19(21,22)18(24)11-12-23(14-15-7-3-1-4-8-15)17(13-18)16-9-5-2-6-10-16/h1-10,17,24H,11-14H2. The minimum atomic E-state index is -4.61. The average molecular weight is 335 g/mol. The molecule has 1 aliphatic rings. The van der Waals surface area contributed by atoms with Crippen LogP contribution in [0.4, 0.5) is 13.2 Å². The summed E-state index contributed by atoms with van der Waals surface area (Å²) in [6.07, 6.45) is -5.25. The lowest BCUT2D eigenvalue weighted by molar-refractivity contribution is -0.278. The van der Waals surface area contributed by atoms with Crippen molar-refractivity contribution < 1.29 is 18.3 Å². The van der Waals surface area contributed by atoms with Crippen LogP contribution >= 0.6 is 0 Å². The molecule has 1 aliphatic heterocycles. The lowest BCUT2D eigenvalue weighted by Gasteiger charge is -2.44. The molecule has 1 heterocycles. The van der Waals surface area contributed by atoms with E-state index in [0.29, 0.717) is 6.54 Å². The minimum Gasteiger partial charge on any atom is -0.380 e. The largest absolute Gasteiger partial charge is 0.417 e. The zero-order valence-corrected chi connectivity index (χ0v) is 13.2. The molecule has 0 bridgehead atoms. The van der Waals surface area contributed by atoms with Crippen molar-refractivity contribution in [1.82, 2.24) is 4.90 Å². The SMILES string of the molecule is OC1(C(F)(F)F)CCN(Cc2ccccc2)C(c2ccccc2)C1. The third-order valence-electron chi connectivity index (χ3n) is 4.72. The number of hydrogen-bond acceptors (Lipinski definition) is 2. The van der Waals surface area contributed by atoms with E-state index in [4.69, 9.17) is 0 Å². The Morgan fingerprint density at radius 2 is 1.58 bits per heavy atom. The summed E-state index contributed by atoms with van der Waals surface area (Å²) in [6, 6.07) is 18.3. The Labute approximate surface area is 139 Å². The number of halogens is 3. The van der Waals surface area contributed by atoms with Crippen LogP contribution in [0.2, 0.25) is 0 Å². The first-order chi connectivity index (χ1) is 11.4. The third-order valence-corrected chi connectivity index (χ3v) is 4.72. The molecule has 2 atom stereocenters. The number of hydrogen-bond donors (Lipinski definition) is 1. The molecule has 1 N–H and O–H groups in total. The van der Waals surface area contributed by atoms with Gasteiger partial charge in [-0.05, 0) is 17.5 Å². The van der Waals surface area contributed by atoms with Crippen LogP contribution in [0.15, 0.2) is 60.7 Å². The van der Waals surface area contributed by atoms with Gasteiger partial charge in [0.05, 0.1) is 0 Å². The van der Waals surface area contributed by atoms with E-state index < -0.39 is 17.8 Å². The molecule has 128 valence electrons. The highest BCUT2D eigenvalue weighted by Gasteiger charge is 2.56. The molecule has 2 aromatic rings. The van der Waals surface area contributed by atoms with Crippen LogP contribution in [-0.4, -0.2) is 28.3 Å². The predicted molar refractivity (Wildman–Crippen MR) is 86.3 cm³/mol. The van der Waals surface area contributed by atoms with Gasteiger partial charge in [-0.2, -0.15) is 13.2 Å². The Morgan fingerprint density at radius 1 is 1.00 bits per heavy atom. The molecule has 0 aliphatic carbocycles. The van der Waals surface area contributed by atoms with Gasteiger partial charge < -0.3 is 5.11 Å². The van der Waals surface area contributed by atoms with E-state index in [1.807, 2.05) is 65.6 Å². The van der Waals surface area contributed by atoms with Crippen molar-refractivity contribution in [3.05, 3.63) is 71.8 Å². The van der Waals surface area contributed by atoms with Gasteiger partial charge in [0.2, 0.25) is 0 Å². The second kappa shape index (κ2) is 6.57. The Kier molecular flexibility index (Phi) is 4.65. The van der Waals surface area contributed by atoms with Crippen LogP contribution in [-0.2, 0) is 6.54 Å². The fourth-order valence-electron chi connectivity index (χ4n) is 3.30. The Morgan fingerprint density at radius 3 is 2.17 bits per heavy atom. The van der Waals surface area contributed by atoms with Crippen LogP contribution in [0.3, 0.4) is 0 Å². The summed E-state index contributed by atoms with van der Waals surface area (Å²) in [4.78, 5) is 2.02. The summed E-state index contributed by atoms with van der Waals surface area (Å²) in [7, 11) is 0. The van der Waals surface area contributed by atoms with E-state index in [1.54, 1.807) is 0 Å². The fourth-order valence-corrected chi connectivity index (χ4v) is 3.30. The second-order valence-electron chi connectivity index (χ2n) is 6.37. The maximum absolute atomic E-state index is 13.3. The van der Waals surface area contributed by atoms with Gasteiger partial charge >= 0.3 is 6.18 Å². The molecule has 2 nitrogen and oxygen atoms in total. The van der Waals surface area contributed by atoms with Crippen molar-refractivity contribution in [2.75, 3.05) is 6.54 Å². The quantitative estimate of drug-likeness (QED) is 0.903. The molecule has 0 amide bonds. The molecule has 0 spiro atoms. The summed E-state index contributed by atoms with van der Waals surface area (Å²) in [5.41, 5.74) is -0.771. The first kappa shape index (κ1) is 17.0. The molecule has 0 aromatic heterocycles. The summed E-state index contributed by atoms with van der Waals surface area (Å²) in [5, 5.41) is 10.2. The van der Waals surface area contributed by atoms with E-state index >= 15 is 0 Å².